The molecule has 17 heavy (non-hydrogen) atoms. The van der Waals surface area contributed by atoms with Crippen molar-refractivity contribution in [1.82, 2.24) is 9.38 Å². The highest BCUT2D eigenvalue weighted by atomic mass is 32.2. The van der Waals surface area contributed by atoms with Crippen LogP contribution in [-0.4, -0.2) is 21.4 Å². The molecule has 0 saturated carbocycles. The van der Waals surface area contributed by atoms with Crippen molar-refractivity contribution in [2.75, 3.05) is 5.75 Å². The molecule has 88 valence electrons. The third-order valence-corrected chi connectivity index (χ3v) is 4.54. The summed E-state index contributed by atoms with van der Waals surface area (Å²) < 4.78 is 1.95. The molecule has 0 aromatic carbocycles. The Morgan fingerprint density at radius 3 is 3.06 bits per heavy atom. The molecule has 1 atom stereocenters. The van der Waals surface area contributed by atoms with Gasteiger partial charge in [0.05, 0.1) is 5.69 Å². The molecular weight excluding hydrogens is 232 g/mol. The topological polar surface area (TPSA) is 34.4 Å². The van der Waals surface area contributed by atoms with Crippen molar-refractivity contribution in [3.63, 3.8) is 0 Å². The summed E-state index contributed by atoms with van der Waals surface area (Å²) in [7, 11) is 0. The van der Waals surface area contributed by atoms with E-state index in [1.54, 1.807) is 0 Å². The maximum atomic E-state index is 10.7. The Kier molecular flexibility index (Phi) is 2.89. The van der Waals surface area contributed by atoms with Crippen molar-refractivity contribution < 1.29 is 4.79 Å². The molecular formula is C13H14N2OS. The van der Waals surface area contributed by atoms with Crippen LogP contribution in [0.15, 0.2) is 24.5 Å². The van der Waals surface area contributed by atoms with Crippen LogP contribution in [0, 0.1) is 0 Å². The molecule has 4 heteroatoms. The van der Waals surface area contributed by atoms with E-state index < -0.39 is 0 Å². The van der Waals surface area contributed by atoms with Gasteiger partial charge in [-0.05, 0) is 30.7 Å². The summed E-state index contributed by atoms with van der Waals surface area (Å²) in [6, 6.07) is 3.72. The van der Waals surface area contributed by atoms with Crippen molar-refractivity contribution in [2.24, 2.45) is 0 Å². The van der Waals surface area contributed by atoms with E-state index in [1.807, 2.05) is 34.5 Å². The van der Waals surface area contributed by atoms with Gasteiger partial charge in [-0.15, -0.1) is 0 Å². The Labute approximate surface area is 104 Å². The second-order valence-corrected chi connectivity index (χ2v) is 5.68. The number of imidazole rings is 1. The van der Waals surface area contributed by atoms with E-state index in [-0.39, 0.29) is 0 Å². The molecule has 2 aromatic rings. The normalized spacial score (nSPS) is 20.6. The number of rotatable bonds is 2. The molecule has 1 fully saturated rings. The molecule has 3 nitrogen and oxygen atoms in total. The van der Waals surface area contributed by atoms with Crippen LogP contribution in [0.1, 0.15) is 40.6 Å². The van der Waals surface area contributed by atoms with Gasteiger partial charge in [-0.25, -0.2) is 4.98 Å². The predicted octanol–water partition coefficient (Wildman–Crippen LogP) is 3.11. The molecule has 0 radical (unpaired) electrons. The summed E-state index contributed by atoms with van der Waals surface area (Å²) in [6.45, 7) is 0. The van der Waals surface area contributed by atoms with Gasteiger partial charge < -0.3 is 4.40 Å². The predicted molar refractivity (Wildman–Crippen MR) is 69.6 cm³/mol. The lowest BCUT2D eigenvalue weighted by molar-refractivity contribution is 0.112. The highest BCUT2D eigenvalue weighted by molar-refractivity contribution is 7.99. The fourth-order valence-corrected chi connectivity index (χ4v) is 3.50. The van der Waals surface area contributed by atoms with Crippen LogP contribution in [0.3, 0.4) is 0 Å². The number of hydrogen-bond acceptors (Lipinski definition) is 3. The monoisotopic (exact) mass is 246 g/mol. The quantitative estimate of drug-likeness (QED) is 0.764. The number of hydrogen-bond donors (Lipinski definition) is 0. The minimum absolute atomic E-state index is 0.531. The van der Waals surface area contributed by atoms with Crippen molar-refractivity contribution in [3.8, 4) is 0 Å². The van der Waals surface area contributed by atoms with E-state index in [0.29, 0.717) is 10.8 Å². The van der Waals surface area contributed by atoms with Gasteiger partial charge in [0, 0.05) is 23.2 Å². The lowest BCUT2D eigenvalue weighted by atomic mass is 10.1. The first-order valence-electron chi connectivity index (χ1n) is 5.92. The maximum Gasteiger partial charge on any atom is 0.151 e. The zero-order valence-electron chi connectivity index (χ0n) is 9.50. The second-order valence-electron chi connectivity index (χ2n) is 4.37. The van der Waals surface area contributed by atoms with Crippen LogP contribution in [-0.2, 0) is 0 Å². The zero-order chi connectivity index (χ0) is 11.7. The average molecular weight is 246 g/mol. The van der Waals surface area contributed by atoms with E-state index in [4.69, 9.17) is 0 Å². The van der Waals surface area contributed by atoms with Gasteiger partial charge >= 0.3 is 0 Å². The van der Waals surface area contributed by atoms with Crippen LogP contribution in [0.4, 0.5) is 0 Å². The number of aldehydes is 1. The number of pyridine rings is 1. The molecule has 3 heterocycles. The van der Waals surface area contributed by atoms with Crippen molar-refractivity contribution >= 4 is 23.7 Å². The number of thioether (sulfide) groups is 1. The summed E-state index contributed by atoms with van der Waals surface area (Å²) in [5.74, 6) is 1.23. The molecule has 2 aromatic heterocycles. The summed E-state index contributed by atoms with van der Waals surface area (Å²) in [6.07, 6.45) is 8.61. The zero-order valence-corrected chi connectivity index (χ0v) is 10.3. The van der Waals surface area contributed by atoms with Crippen LogP contribution in [0.25, 0.3) is 5.65 Å². The second kappa shape index (κ2) is 4.53. The summed E-state index contributed by atoms with van der Waals surface area (Å²) in [5.41, 5.74) is 2.77. The Morgan fingerprint density at radius 2 is 2.29 bits per heavy atom. The third kappa shape index (κ3) is 2.09. The van der Waals surface area contributed by atoms with Gasteiger partial charge in [-0.1, -0.05) is 6.42 Å². The molecule has 0 amide bonds. The van der Waals surface area contributed by atoms with Crippen LogP contribution in [0.5, 0.6) is 0 Å². The van der Waals surface area contributed by atoms with Crippen molar-refractivity contribution in [3.05, 3.63) is 35.8 Å². The number of fused-ring (bicyclic) bond motifs is 1. The van der Waals surface area contributed by atoms with Crippen molar-refractivity contribution in [2.45, 2.75) is 24.5 Å². The van der Waals surface area contributed by atoms with Gasteiger partial charge in [0.25, 0.3) is 0 Å². The lowest BCUT2D eigenvalue weighted by Crippen LogP contribution is -2.02. The van der Waals surface area contributed by atoms with Crippen LogP contribution < -0.4 is 0 Å². The molecule has 0 aliphatic carbocycles. The Morgan fingerprint density at radius 1 is 1.35 bits per heavy atom. The number of carbonyl (C=O) groups is 1. The van der Waals surface area contributed by atoms with E-state index in [9.17, 15) is 4.79 Å². The summed E-state index contributed by atoms with van der Waals surface area (Å²) in [5, 5.41) is 0.531. The van der Waals surface area contributed by atoms with Gasteiger partial charge in [0.2, 0.25) is 0 Å². The maximum absolute atomic E-state index is 10.7. The summed E-state index contributed by atoms with van der Waals surface area (Å²) >= 11 is 2.00. The van der Waals surface area contributed by atoms with E-state index in [2.05, 4.69) is 11.2 Å². The first-order chi connectivity index (χ1) is 8.36. The van der Waals surface area contributed by atoms with Gasteiger partial charge in [-0.2, -0.15) is 11.8 Å². The van der Waals surface area contributed by atoms with E-state index in [0.717, 1.165) is 17.6 Å². The fraction of sp³-hybridized carbons (Fsp3) is 0.385. The minimum Gasteiger partial charge on any atom is -0.306 e. The Bertz CT molecular complexity index is 543. The van der Waals surface area contributed by atoms with Crippen LogP contribution in [0.2, 0.25) is 0 Å². The largest absolute Gasteiger partial charge is 0.306 e. The van der Waals surface area contributed by atoms with Crippen molar-refractivity contribution in [1.29, 1.82) is 0 Å². The van der Waals surface area contributed by atoms with Gasteiger partial charge in [0.15, 0.2) is 6.29 Å². The molecule has 1 unspecified atom stereocenters. The Hall–Kier alpha value is -1.29. The molecule has 1 saturated heterocycles. The standard InChI is InChI=1S/C13H14N2OS/c16-9-10-4-5-13-14-11(8-15(13)7-10)12-3-1-2-6-17-12/h4-5,7-9,12H,1-3,6H2. The fourth-order valence-electron chi connectivity index (χ4n) is 2.23. The summed E-state index contributed by atoms with van der Waals surface area (Å²) in [4.78, 5) is 15.4. The lowest BCUT2D eigenvalue weighted by Gasteiger charge is -2.18. The molecule has 3 rings (SSSR count). The molecule has 0 N–H and O–H groups in total. The van der Waals surface area contributed by atoms with E-state index in [1.165, 1.54) is 25.0 Å². The minimum atomic E-state index is 0.531. The first kappa shape index (κ1) is 10.8. The SMILES string of the molecule is O=Cc1ccc2nc(C3CCCCS3)cn2c1. The first-order valence-corrected chi connectivity index (χ1v) is 6.97. The highest BCUT2D eigenvalue weighted by Crippen LogP contribution is 2.37. The molecule has 1 aliphatic heterocycles. The van der Waals surface area contributed by atoms with Crippen LogP contribution >= 0.6 is 11.8 Å². The molecule has 0 bridgehead atoms. The third-order valence-electron chi connectivity index (χ3n) is 3.14. The number of aromatic nitrogens is 2. The number of carbonyl (C=O) groups excluding carboxylic acids is 1. The Balaban J connectivity index is 1.97. The van der Waals surface area contributed by atoms with Gasteiger partial charge in [-0.3, -0.25) is 4.79 Å². The molecule has 0 spiro atoms. The average Bonchev–Trinajstić information content (AvgIpc) is 2.82. The highest BCUT2D eigenvalue weighted by Gasteiger charge is 2.18. The smallest absolute Gasteiger partial charge is 0.151 e. The molecule has 1 aliphatic rings. The van der Waals surface area contributed by atoms with Gasteiger partial charge in [0.1, 0.15) is 5.65 Å². The number of nitrogens with zero attached hydrogens (tertiary/aromatic N) is 2. The van der Waals surface area contributed by atoms with E-state index >= 15 is 0 Å².